The van der Waals surface area contributed by atoms with Crippen LogP contribution in [0.1, 0.15) is 53.4 Å². The highest BCUT2D eigenvalue weighted by Crippen LogP contribution is 2.17. The zero-order valence-electron chi connectivity index (χ0n) is 10.9. The highest BCUT2D eigenvalue weighted by Gasteiger charge is 2.12. The quantitative estimate of drug-likeness (QED) is 0.568. The van der Waals surface area contributed by atoms with Crippen LogP contribution in [0.25, 0.3) is 0 Å². The molecule has 0 N–H and O–H groups in total. The average molecular weight is 278 g/mol. The van der Waals surface area contributed by atoms with E-state index in [1.807, 2.05) is 0 Å². The molecule has 0 aromatic heterocycles. The lowest BCUT2D eigenvalue weighted by atomic mass is 10.0. The van der Waals surface area contributed by atoms with Gasteiger partial charge in [0.2, 0.25) is 0 Å². The van der Waals surface area contributed by atoms with Crippen molar-refractivity contribution in [2.24, 2.45) is 5.92 Å². The van der Waals surface area contributed by atoms with Gasteiger partial charge in [0.1, 0.15) is 0 Å². The molecule has 0 saturated heterocycles. The highest BCUT2D eigenvalue weighted by atomic mass is 79.9. The van der Waals surface area contributed by atoms with Gasteiger partial charge in [-0.1, -0.05) is 50.0 Å². The average Bonchev–Trinajstić information content (AvgIpc) is 2.18. The van der Waals surface area contributed by atoms with Crippen LogP contribution < -0.4 is 0 Å². The Labute approximate surface area is 105 Å². The van der Waals surface area contributed by atoms with Gasteiger partial charge in [-0.25, -0.2) is 0 Å². The summed E-state index contributed by atoms with van der Waals surface area (Å²) in [5.41, 5.74) is 0. The van der Waals surface area contributed by atoms with Crippen molar-refractivity contribution in [2.75, 3.05) is 19.6 Å². The lowest BCUT2D eigenvalue weighted by Crippen LogP contribution is -2.32. The molecule has 0 spiro atoms. The van der Waals surface area contributed by atoms with Gasteiger partial charge >= 0.3 is 0 Å². The fourth-order valence-electron chi connectivity index (χ4n) is 1.88. The second kappa shape index (κ2) is 9.65. The SMILES string of the molecule is CCCN(CCC)CC(Br)CC(C)CC. The monoisotopic (exact) mass is 277 g/mol. The molecule has 0 radical (unpaired) electrons. The molecule has 0 rings (SSSR count). The van der Waals surface area contributed by atoms with Crippen molar-refractivity contribution in [2.45, 2.75) is 58.2 Å². The summed E-state index contributed by atoms with van der Waals surface area (Å²) in [6.45, 7) is 12.9. The van der Waals surface area contributed by atoms with Gasteiger partial charge in [-0.3, -0.25) is 0 Å². The summed E-state index contributed by atoms with van der Waals surface area (Å²) in [7, 11) is 0. The van der Waals surface area contributed by atoms with E-state index >= 15 is 0 Å². The Balaban J connectivity index is 3.81. The molecule has 0 aromatic carbocycles. The third kappa shape index (κ3) is 8.27. The summed E-state index contributed by atoms with van der Waals surface area (Å²) >= 11 is 3.82. The molecule has 0 fully saturated rings. The van der Waals surface area contributed by atoms with E-state index in [0.717, 1.165) is 5.92 Å². The molecule has 0 aromatic rings. The molecule has 0 heterocycles. The van der Waals surface area contributed by atoms with Gasteiger partial charge in [0, 0.05) is 11.4 Å². The Kier molecular flexibility index (Phi) is 9.93. The molecule has 92 valence electrons. The maximum Gasteiger partial charge on any atom is 0.0275 e. The highest BCUT2D eigenvalue weighted by molar-refractivity contribution is 9.09. The topological polar surface area (TPSA) is 3.24 Å². The molecular weight excluding hydrogens is 250 g/mol. The molecule has 2 unspecified atom stereocenters. The molecule has 1 nitrogen and oxygen atoms in total. The second-order valence-electron chi connectivity index (χ2n) is 4.65. The predicted molar refractivity (Wildman–Crippen MR) is 73.8 cm³/mol. The molecule has 0 bridgehead atoms. The smallest absolute Gasteiger partial charge is 0.0275 e. The van der Waals surface area contributed by atoms with Crippen molar-refractivity contribution < 1.29 is 0 Å². The third-order valence-corrected chi connectivity index (χ3v) is 3.55. The molecule has 0 aliphatic heterocycles. The zero-order chi connectivity index (χ0) is 11.7. The van der Waals surface area contributed by atoms with Gasteiger partial charge in [0.25, 0.3) is 0 Å². The van der Waals surface area contributed by atoms with E-state index in [0.29, 0.717) is 4.83 Å². The minimum Gasteiger partial charge on any atom is -0.302 e. The van der Waals surface area contributed by atoms with E-state index in [1.165, 1.54) is 45.3 Å². The first-order chi connectivity index (χ1) is 7.13. The van der Waals surface area contributed by atoms with Crippen molar-refractivity contribution in [1.82, 2.24) is 4.90 Å². The number of alkyl halides is 1. The lowest BCUT2D eigenvalue weighted by Gasteiger charge is -2.25. The first kappa shape index (κ1) is 15.4. The summed E-state index contributed by atoms with van der Waals surface area (Å²) < 4.78 is 0. The fourth-order valence-corrected chi connectivity index (χ4v) is 2.93. The van der Waals surface area contributed by atoms with E-state index in [9.17, 15) is 0 Å². The first-order valence-electron chi connectivity index (χ1n) is 6.50. The molecular formula is C13H28BrN. The van der Waals surface area contributed by atoms with Crippen molar-refractivity contribution in [3.05, 3.63) is 0 Å². The van der Waals surface area contributed by atoms with Crippen molar-refractivity contribution in [1.29, 1.82) is 0 Å². The van der Waals surface area contributed by atoms with E-state index in [2.05, 4.69) is 48.5 Å². The van der Waals surface area contributed by atoms with Crippen molar-refractivity contribution >= 4 is 15.9 Å². The van der Waals surface area contributed by atoms with Crippen LogP contribution in [-0.2, 0) is 0 Å². The number of nitrogens with zero attached hydrogens (tertiary/aromatic N) is 1. The van der Waals surface area contributed by atoms with E-state index < -0.39 is 0 Å². The molecule has 0 aliphatic rings. The maximum absolute atomic E-state index is 3.82. The largest absolute Gasteiger partial charge is 0.302 e. The van der Waals surface area contributed by atoms with E-state index in [1.54, 1.807) is 0 Å². The molecule has 2 heteroatoms. The van der Waals surface area contributed by atoms with Crippen LogP contribution in [0.5, 0.6) is 0 Å². The van der Waals surface area contributed by atoms with E-state index in [4.69, 9.17) is 0 Å². The van der Waals surface area contributed by atoms with Crippen LogP contribution in [-0.4, -0.2) is 29.4 Å². The van der Waals surface area contributed by atoms with Crippen LogP contribution in [0.15, 0.2) is 0 Å². The number of halogens is 1. The Morgan fingerprint density at radius 2 is 1.60 bits per heavy atom. The van der Waals surface area contributed by atoms with Gasteiger partial charge in [-0.2, -0.15) is 0 Å². The summed E-state index contributed by atoms with van der Waals surface area (Å²) in [6, 6.07) is 0. The van der Waals surface area contributed by atoms with Crippen LogP contribution in [0.2, 0.25) is 0 Å². The number of hydrogen-bond donors (Lipinski definition) is 0. The minimum atomic E-state index is 0.672. The van der Waals surface area contributed by atoms with Gasteiger partial charge < -0.3 is 4.90 Å². The lowest BCUT2D eigenvalue weighted by molar-refractivity contribution is 0.268. The summed E-state index contributed by atoms with van der Waals surface area (Å²) in [5, 5.41) is 0. The summed E-state index contributed by atoms with van der Waals surface area (Å²) in [4.78, 5) is 3.26. The van der Waals surface area contributed by atoms with Crippen LogP contribution in [0.4, 0.5) is 0 Å². The predicted octanol–water partition coefficient (Wildman–Crippen LogP) is 4.31. The Morgan fingerprint density at radius 1 is 1.07 bits per heavy atom. The Hall–Kier alpha value is 0.440. The van der Waals surface area contributed by atoms with E-state index in [-0.39, 0.29) is 0 Å². The van der Waals surface area contributed by atoms with Gasteiger partial charge in [-0.15, -0.1) is 0 Å². The maximum atomic E-state index is 3.82. The normalized spacial score (nSPS) is 15.6. The van der Waals surface area contributed by atoms with Crippen LogP contribution in [0.3, 0.4) is 0 Å². The molecule has 15 heavy (non-hydrogen) atoms. The third-order valence-electron chi connectivity index (χ3n) is 2.89. The molecule has 0 amide bonds. The second-order valence-corrected chi connectivity index (χ2v) is 5.94. The van der Waals surface area contributed by atoms with Crippen molar-refractivity contribution in [3.63, 3.8) is 0 Å². The first-order valence-corrected chi connectivity index (χ1v) is 7.41. The Bertz CT molecular complexity index is 132. The fraction of sp³-hybridized carbons (Fsp3) is 1.00. The minimum absolute atomic E-state index is 0.672. The standard InChI is InChI=1S/C13H28BrN/c1-5-8-15(9-6-2)11-13(14)10-12(4)7-3/h12-13H,5-11H2,1-4H3. The van der Waals surface area contributed by atoms with Crippen LogP contribution >= 0.6 is 15.9 Å². The summed E-state index contributed by atoms with van der Waals surface area (Å²) in [5.74, 6) is 0.847. The van der Waals surface area contributed by atoms with Gasteiger partial charge in [-0.05, 0) is 38.3 Å². The van der Waals surface area contributed by atoms with Crippen LogP contribution in [0, 0.1) is 5.92 Å². The number of rotatable bonds is 9. The van der Waals surface area contributed by atoms with Gasteiger partial charge in [0.05, 0.1) is 0 Å². The molecule has 0 aliphatic carbocycles. The number of hydrogen-bond acceptors (Lipinski definition) is 1. The molecule has 2 atom stereocenters. The van der Waals surface area contributed by atoms with Gasteiger partial charge in [0.15, 0.2) is 0 Å². The summed E-state index contributed by atoms with van der Waals surface area (Å²) in [6.07, 6.45) is 5.14. The zero-order valence-corrected chi connectivity index (χ0v) is 12.5. The van der Waals surface area contributed by atoms with Crippen molar-refractivity contribution in [3.8, 4) is 0 Å². The molecule has 0 saturated carbocycles. The Morgan fingerprint density at radius 3 is 2.00 bits per heavy atom.